The first-order valence-corrected chi connectivity index (χ1v) is 10.1. The standard InChI is InChI=1S/C22H19N5OS/c23-20(28)19-11-5-4-9-18(19)15-29-22-26-25-21(17-10-6-12-24-13-17)27(22)14-16-7-2-1-3-8-16/h1-13H,14-15H2,(H2,23,28). The summed E-state index contributed by atoms with van der Waals surface area (Å²) < 4.78 is 2.07. The van der Waals surface area contributed by atoms with Crippen molar-refractivity contribution in [1.29, 1.82) is 0 Å². The molecule has 0 aliphatic heterocycles. The summed E-state index contributed by atoms with van der Waals surface area (Å²) in [7, 11) is 0. The Morgan fingerprint density at radius 2 is 1.76 bits per heavy atom. The van der Waals surface area contributed by atoms with Gasteiger partial charge in [-0.15, -0.1) is 10.2 Å². The number of hydrogen-bond donors (Lipinski definition) is 1. The minimum Gasteiger partial charge on any atom is -0.366 e. The minimum atomic E-state index is -0.428. The molecule has 7 heteroatoms. The molecule has 0 aliphatic carbocycles. The summed E-state index contributed by atoms with van der Waals surface area (Å²) in [6, 6.07) is 21.4. The van der Waals surface area contributed by atoms with E-state index < -0.39 is 5.91 Å². The molecule has 2 aromatic carbocycles. The summed E-state index contributed by atoms with van der Waals surface area (Å²) in [6.07, 6.45) is 3.51. The second-order valence-corrected chi connectivity index (χ2v) is 7.37. The van der Waals surface area contributed by atoms with Crippen molar-refractivity contribution in [2.24, 2.45) is 5.73 Å². The van der Waals surface area contributed by atoms with E-state index in [0.717, 1.165) is 27.7 Å². The molecule has 0 saturated carbocycles. The van der Waals surface area contributed by atoms with Crippen LogP contribution in [0.5, 0.6) is 0 Å². The Hall–Kier alpha value is -3.45. The SMILES string of the molecule is NC(=O)c1ccccc1CSc1nnc(-c2cccnc2)n1Cc1ccccc1. The minimum absolute atomic E-state index is 0.428. The van der Waals surface area contributed by atoms with Gasteiger partial charge in [-0.25, -0.2) is 0 Å². The van der Waals surface area contributed by atoms with Crippen molar-refractivity contribution in [3.8, 4) is 11.4 Å². The lowest BCUT2D eigenvalue weighted by atomic mass is 10.1. The number of benzene rings is 2. The molecule has 0 fully saturated rings. The normalized spacial score (nSPS) is 10.8. The molecule has 0 spiro atoms. The zero-order valence-electron chi connectivity index (χ0n) is 15.6. The van der Waals surface area contributed by atoms with E-state index in [1.165, 1.54) is 11.8 Å². The van der Waals surface area contributed by atoms with Crippen LogP contribution in [0.3, 0.4) is 0 Å². The second kappa shape index (κ2) is 8.70. The van der Waals surface area contributed by atoms with Crippen LogP contribution in [0.25, 0.3) is 11.4 Å². The highest BCUT2D eigenvalue weighted by molar-refractivity contribution is 7.98. The van der Waals surface area contributed by atoms with Gasteiger partial charge in [0.25, 0.3) is 0 Å². The number of aromatic nitrogens is 4. The van der Waals surface area contributed by atoms with E-state index in [0.29, 0.717) is 17.9 Å². The maximum absolute atomic E-state index is 11.7. The topological polar surface area (TPSA) is 86.7 Å². The summed E-state index contributed by atoms with van der Waals surface area (Å²) in [6.45, 7) is 0.637. The lowest BCUT2D eigenvalue weighted by Gasteiger charge is -2.11. The van der Waals surface area contributed by atoms with Crippen LogP contribution in [0.2, 0.25) is 0 Å². The van der Waals surface area contributed by atoms with Gasteiger partial charge in [0.15, 0.2) is 11.0 Å². The van der Waals surface area contributed by atoms with Crippen LogP contribution in [0.1, 0.15) is 21.5 Å². The highest BCUT2D eigenvalue weighted by atomic mass is 32.2. The van der Waals surface area contributed by atoms with Crippen LogP contribution in [0.15, 0.2) is 84.3 Å². The Kier molecular flexibility index (Phi) is 5.67. The van der Waals surface area contributed by atoms with Crippen molar-refractivity contribution in [2.75, 3.05) is 0 Å². The fraction of sp³-hybridized carbons (Fsp3) is 0.0909. The van der Waals surface area contributed by atoms with Crippen molar-refractivity contribution in [2.45, 2.75) is 17.5 Å². The summed E-state index contributed by atoms with van der Waals surface area (Å²) in [4.78, 5) is 15.9. The monoisotopic (exact) mass is 401 g/mol. The first-order valence-electron chi connectivity index (χ1n) is 9.10. The van der Waals surface area contributed by atoms with E-state index in [4.69, 9.17) is 5.73 Å². The van der Waals surface area contributed by atoms with E-state index in [2.05, 4.69) is 31.9 Å². The molecule has 0 saturated heterocycles. The molecule has 2 aromatic heterocycles. The number of primary amides is 1. The molecule has 1 amide bonds. The third kappa shape index (κ3) is 4.35. The van der Waals surface area contributed by atoms with Gasteiger partial charge in [0.2, 0.25) is 5.91 Å². The third-order valence-electron chi connectivity index (χ3n) is 4.46. The van der Waals surface area contributed by atoms with Crippen LogP contribution in [0.4, 0.5) is 0 Å². The Morgan fingerprint density at radius 3 is 2.52 bits per heavy atom. The second-order valence-electron chi connectivity index (χ2n) is 6.43. The molecule has 0 radical (unpaired) electrons. The molecule has 29 heavy (non-hydrogen) atoms. The van der Waals surface area contributed by atoms with Gasteiger partial charge in [0, 0.05) is 29.3 Å². The maximum Gasteiger partial charge on any atom is 0.249 e. The van der Waals surface area contributed by atoms with Crippen LogP contribution in [0, 0.1) is 0 Å². The zero-order valence-corrected chi connectivity index (χ0v) is 16.4. The molecule has 2 heterocycles. The van der Waals surface area contributed by atoms with Gasteiger partial charge in [0.05, 0.1) is 6.54 Å². The van der Waals surface area contributed by atoms with E-state index in [-0.39, 0.29) is 0 Å². The number of hydrogen-bond acceptors (Lipinski definition) is 5. The largest absolute Gasteiger partial charge is 0.366 e. The number of nitrogens with zero attached hydrogens (tertiary/aromatic N) is 4. The van der Waals surface area contributed by atoms with E-state index in [1.807, 2.05) is 48.5 Å². The number of amides is 1. The number of carbonyl (C=O) groups is 1. The van der Waals surface area contributed by atoms with Gasteiger partial charge >= 0.3 is 0 Å². The summed E-state index contributed by atoms with van der Waals surface area (Å²) in [5.74, 6) is 0.898. The Labute approximate surface area is 172 Å². The molecule has 0 bridgehead atoms. The first-order chi connectivity index (χ1) is 14.2. The van der Waals surface area contributed by atoms with E-state index >= 15 is 0 Å². The fourth-order valence-electron chi connectivity index (χ4n) is 3.04. The van der Waals surface area contributed by atoms with Gasteiger partial charge in [0.1, 0.15) is 0 Å². The summed E-state index contributed by atoms with van der Waals surface area (Å²) in [5.41, 5.74) is 8.97. The van der Waals surface area contributed by atoms with Crippen molar-refractivity contribution in [3.05, 3.63) is 95.8 Å². The van der Waals surface area contributed by atoms with Crippen LogP contribution >= 0.6 is 11.8 Å². The van der Waals surface area contributed by atoms with Gasteiger partial charge in [-0.05, 0) is 29.3 Å². The Morgan fingerprint density at radius 1 is 0.966 bits per heavy atom. The molecule has 4 rings (SSSR count). The molecular formula is C22H19N5OS. The molecular weight excluding hydrogens is 382 g/mol. The van der Waals surface area contributed by atoms with Crippen molar-refractivity contribution in [1.82, 2.24) is 19.7 Å². The maximum atomic E-state index is 11.7. The lowest BCUT2D eigenvalue weighted by molar-refractivity contribution is 0.0999. The fourth-order valence-corrected chi connectivity index (χ4v) is 3.98. The molecule has 0 aliphatic rings. The van der Waals surface area contributed by atoms with Crippen molar-refractivity contribution in [3.63, 3.8) is 0 Å². The zero-order chi connectivity index (χ0) is 20.1. The highest BCUT2D eigenvalue weighted by Gasteiger charge is 2.16. The van der Waals surface area contributed by atoms with Gasteiger partial charge in [-0.2, -0.15) is 0 Å². The number of nitrogens with two attached hydrogens (primary N) is 1. The smallest absolute Gasteiger partial charge is 0.249 e. The van der Waals surface area contributed by atoms with Crippen LogP contribution in [-0.2, 0) is 12.3 Å². The average Bonchev–Trinajstić information content (AvgIpc) is 3.16. The predicted molar refractivity (Wildman–Crippen MR) is 113 cm³/mol. The summed E-state index contributed by atoms with van der Waals surface area (Å²) >= 11 is 1.53. The summed E-state index contributed by atoms with van der Waals surface area (Å²) in [5, 5.41) is 9.59. The van der Waals surface area contributed by atoms with E-state index in [1.54, 1.807) is 18.5 Å². The quantitative estimate of drug-likeness (QED) is 0.476. The van der Waals surface area contributed by atoms with Gasteiger partial charge in [-0.1, -0.05) is 60.3 Å². The number of thioether (sulfide) groups is 1. The van der Waals surface area contributed by atoms with Gasteiger partial charge in [-0.3, -0.25) is 14.3 Å². The Balaban J connectivity index is 1.66. The number of rotatable bonds is 7. The van der Waals surface area contributed by atoms with Crippen molar-refractivity contribution >= 4 is 17.7 Å². The van der Waals surface area contributed by atoms with E-state index in [9.17, 15) is 4.79 Å². The molecule has 0 unspecified atom stereocenters. The molecule has 144 valence electrons. The molecule has 0 atom stereocenters. The molecule has 6 nitrogen and oxygen atoms in total. The number of carbonyl (C=O) groups excluding carboxylic acids is 1. The van der Waals surface area contributed by atoms with Crippen molar-refractivity contribution < 1.29 is 4.79 Å². The van der Waals surface area contributed by atoms with Crippen LogP contribution in [-0.4, -0.2) is 25.7 Å². The molecule has 4 aromatic rings. The first kappa shape index (κ1) is 18.9. The lowest BCUT2D eigenvalue weighted by Crippen LogP contribution is -2.13. The number of pyridine rings is 1. The third-order valence-corrected chi connectivity index (χ3v) is 5.48. The van der Waals surface area contributed by atoms with Crippen LogP contribution < -0.4 is 5.73 Å². The highest BCUT2D eigenvalue weighted by Crippen LogP contribution is 2.28. The van der Waals surface area contributed by atoms with Gasteiger partial charge < -0.3 is 5.73 Å². The predicted octanol–water partition coefficient (Wildman–Crippen LogP) is 3.78. The molecule has 2 N–H and O–H groups in total. The average molecular weight is 401 g/mol. The Bertz CT molecular complexity index is 1110.